The molecule has 0 aromatic carbocycles. The highest BCUT2D eigenvalue weighted by Gasteiger charge is 1.97. The molecule has 0 fully saturated rings. The summed E-state index contributed by atoms with van der Waals surface area (Å²) < 4.78 is 0. The molecule has 0 heterocycles. The number of carboxylic acid groups (broad SMARTS) is 1. The van der Waals surface area contributed by atoms with E-state index >= 15 is 0 Å². The lowest BCUT2D eigenvalue weighted by Crippen LogP contribution is -1.94. The van der Waals surface area contributed by atoms with E-state index in [0.717, 1.165) is 32.0 Å². The van der Waals surface area contributed by atoms with Gasteiger partial charge in [0.05, 0.1) is 0 Å². The number of unbranched alkanes of at least 4 members (excludes halogenated alkanes) is 2. The molecule has 0 aliphatic carbocycles. The second kappa shape index (κ2) is 8.89. The predicted octanol–water partition coefficient (Wildman–Crippen LogP) is 2.97. The Morgan fingerprint density at radius 1 is 1.38 bits per heavy atom. The maximum atomic E-state index is 10.4. The van der Waals surface area contributed by atoms with Crippen molar-refractivity contribution >= 4 is 12.3 Å². The molecule has 0 aromatic rings. The Labute approximate surface area is 96.9 Å². The Kier molecular flexibility index (Phi) is 8.12. The maximum Gasteiger partial charge on any atom is 0.331 e. The first-order valence-electron chi connectivity index (χ1n) is 5.60. The van der Waals surface area contributed by atoms with E-state index < -0.39 is 5.97 Å². The Morgan fingerprint density at radius 2 is 2.06 bits per heavy atom. The first-order valence-corrected chi connectivity index (χ1v) is 5.60. The molecule has 0 aliphatic heterocycles. The SMILES string of the molecule is CC(=CC=CCCCCC(C)C=O)C(=O)O. The molecule has 0 saturated heterocycles. The minimum absolute atomic E-state index is 0.151. The second-order valence-corrected chi connectivity index (χ2v) is 3.98. The lowest BCUT2D eigenvalue weighted by Gasteiger charge is -2.00. The Morgan fingerprint density at radius 3 is 2.62 bits per heavy atom. The van der Waals surface area contributed by atoms with Crippen LogP contribution >= 0.6 is 0 Å². The summed E-state index contributed by atoms with van der Waals surface area (Å²) in [6, 6.07) is 0. The van der Waals surface area contributed by atoms with Crippen molar-refractivity contribution in [1.29, 1.82) is 0 Å². The zero-order valence-electron chi connectivity index (χ0n) is 9.98. The van der Waals surface area contributed by atoms with Crippen molar-refractivity contribution in [3.05, 3.63) is 23.8 Å². The molecule has 3 nitrogen and oxygen atoms in total. The summed E-state index contributed by atoms with van der Waals surface area (Å²) in [6.45, 7) is 3.49. The van der Waals surface area contributed by atoms with Gasteiger partial charge in [0, 0.05) is 11.5 Å². The topological polar surface area (TPSA) is 54.4 Å². The quantitative estimate of drug-likeness (QED) is 0.298. The summed E-state index contributed by atoms with van der Waals surface area (Å²) in [4.78, 5) is 20.8. The van der Waals surface area contributed by atoms with E-state index in [1.54, 1.807) is 19.1 Å². The van der Waals surface area contributed by atoms with Crippen LogP contribution in [0.15, 0.2) is 23.8 Å². The summed E-state index contributed by atoms with van der Waals surface area (Å²) in [5, 5.41) is 8.58. The molecule has 0 rings (SSSR count). The van der Waals surface area contributed by atoms with Gasteiger partial charge in [-0.2, -0.15) is 0 Å². The Hall–Kier alpha value is -1.38. The third kappa shape index (κ3) is 7.97. The fourth-order valence-corrected chi connectivity index (χ4v) is 1.18. The van der Waals surface area contributed by atoms with Crippen molar-refractivity contribution < 1.29 is 14.7 Å². The summed E-state index contributed by atoms with van der Waals surface area (Å²) in [6.07, 6.45) is 10.2. The lowest BCUT2D eigenvalue weighted by molar-refractivity contribution is -0.132. The molecule has 0 aromatic heterocycles. The molecule has 1 unspecified atom stereocenters. The zero-order valence-corrected chi connectivity index (χ0v) is 9.98. The van der Waals surface area contributed by atoms with Crippen LogP contribution in [0.25, 0.3) is 0 Å². The number of carboxylic acids is 1. The van der Waals surface area contributed by atoms with Gasteiger partial charge in [0.15, 0.2) is 0 Å². The van der Waals surface area contributed by atoms with E-state index in [9.17, 15) is 9.59 Å². The Balaban J connectivity index is 3.59. The van der Waals surface area contributed by atoms with Gasteiger partial charge < -0.3 is 9.90 Å². The van der Waals surface area contributed by atoms with Crippen LogP contribution in [-0.4, -0.2) is 17.4 Å². The number of aliphatic carboxylic acids is 1. The molecule has 0 saturated carbocycles. The predicted molar refractivity (Wildman–Crippen MR) is 64.2 cm³/mol. The van der Waals surface area contributed by atoms with Crippen molar-refractivity contribution in [3.63, 3.8) is 0 Å². The molecule has 3 heteroatoms. The van der Waals surface area contributed by atoms with E-state index in [-0.39, 0.29) is 5.92 Å². The van der Waals surface area contributed by atoms with Crippen LogP contribution in [0.2, 0.25) is 0 Å². The number of carbonyl (C=O) groups excluding carboxylic acids is 1. The standard InChI is InChI=1S/C13H20O3/c1-11(10-14)8-6-4-3-5-7-9-12(2)13(15)16/h5,7,9-11H,3-4,6,8H2,1-2H3,(H,15,16). The van der Waals surface area contributed by atoms with E-state index in [0.29, 0.717) is 5.57 Å². The van der Waals surface area contributed by atoms with Crippen LogP contribution in [-0.2, 0) is 9.59 Å². The van der Waals surface area contributed by atoms with Gasteiger partial charge in [-0.05, 0) is 26.2 Å². The lowest BCUT2D eigenvalue weighted by atomic mass is 10.0. The highest BCUT2D eigenvalue weighted by Crippen LogP contribution is 2.07. The second-order valence-electron chi connectivity index (χ2n) is 3.98. The summed E-state index contributed by atoms with van der Waals surface area (Å²) in [7, 11) is 0. The van der Waals surface area contributed by atoms with Gasteiger partial charge in [0.2, 0.25) is 0 Å². The van der Waals surface area contributed by atoms with Crippen LogP contribution in [0.5, 0.6) is 0 Å². The average Bonchev–Trinajstić information content (AvgIpc) is 2.26. The van der Waals surface area contributed by atoms with Gasteiger partial charge in [-0.15, -0.1) is 0 Å². The number of rotatable bonds is 8. The van der Waals surface area contributed by atoms with Gasteiger partial charge in [-0.25, -0.2) is 4.79 Å². The van der Waals surface area contributed by atoms with E-state index in [1.165, 1.54) is 0 Å². The first-order chi connectivity index (χ1) is 7.57. The van der Waals surface area contributed by atoms with Crippen LogP contribution < -0.4 is 0 Å². The summed E-state index contributed by atoms with van der Waals surface area (Å²) in [5.41, 5.74) is 0.339. The maximum absolute atomic E-state index is 10.4. The van der Waals surface area contributed by atoms with Crippen LogP contribution in [0.3, 0.4) is 0 Å². The van der Waals surface area contributed by atoms with E-state index in [2.05, 4.69) is 0 Å². The third-order valence-electron chi connectivity index (χ3n) is 2.33. The minimum atomic E-state index is -0.885. The summed E-state index contributed by atoms with van der Waals surface area (Å²) in [5.74, 6) is -0.734. The average molecular weight is 224 g/mol. The van der Waals surface area contributed by atoms with Crippen LogP contribution in [0.1, 0.15) is 39.5 Å². The molecule has 0 aliphatic rings. The smallest absolute Gasteiger partial charge is 0.331 e. The zero-order chi connectivity index (χ0) is 12.4. The van der Waals surface area contributed by atoms with Crippen molar-refractivity contribution in [2.45, 2.75) is 39.5 Å². The fourth-order valence-electron chi connectivity index (χ4n) is 1.18. The van der Waals surface area contributed by atoms with Crippen molar-refractivity contribution in [3.8, 4) is 0 Å². The molecular weight excluding hydrogens is 204 g/mol. The van der Waals surface area contributed by atoms with Crippen LogP contribution in [0, 0.1) is 5.92 Å². The van der Waals surface area contributed by atoms with Gasteiger partial charge in [-0.3, -0.25) is 0 Å². The van der Waals surface area contributed by atoms with Gasteiger partial charge in [-0.1, -0.05) is 31.6 Å². The third-order valence-corrected chi connectivity index (χ3v) is 2.33. The normalized spacial score (nSPS) is 14.0. The largest absolute Gasteiger partial charge is 0.478 e. The van der Waals surface area contributed by atoms with E-state index in [1.807, 2.05) is 13.0 Å². The molecular formula is C13H20O3. The molecule has 16 heavy (non-hydrogen) atoms. The molecule has 0 radical (unpaired) electrons. The highest BCUT2D eigenvalue weighted by atomic mass is 16.4. The Bertz CT molecular complexity index is 277. The molecule has 0 bridgehead atoms. The number of hydrogen-bond acceptors (Lipinski definition) is 2. The monoisotopic (exact) mass is 224 g/mol. The van der Waals surface area contributed by atoms with Gasteiger partial charge in [0.25, 0.3) is 0 Å². The number of aldehydes is 1. The molecule has 0 amide bonds. The van der Waals surface area contributed by atoms with Crippen molar-refractivity contribution in [2.24, 2.45) is 5.92 Å². The minimum Gasteiger partial charge on any atom is -0.478 e. The van der Waals surface area contributed by atoms with Crippen LogP contribution in [0.4, 0.5) is 0 Å². The van der Waals surface area contributed by atoms with Crippen molar-refractivity contribution in [1.82, 2.24) is 0 Å². The van der Waals surface area contributed by atoms with Crippen molar-refractivity contribution in [2.75, 3.05) is 0 Å². The number of hydrogen-bond donors (Lipinski definition) is 1. The highest BCUT2D eigenvalue weighted by molar-refractivity contribution is 5.86. The molecule has 1 N–H and O–H groups in total. The van der Waals surface area contributed by atoms with E-state index in [4.69, 9.17) is 5.11 Å². The molecule has 0 spiro atoms. The number of allylic oxidation sites excluding steroid dienone is 3. The van der Waals surface area contributed by atoms with Gasteiger partial charge >= 0.3 is 5.97 Å². The molecule has 90 valence electrons. The fraction of sp³-hybridized carbons (Fsp3) is 0.538. The first kappa shape index (κ1) is 14.6. The summed E-state index contributed by atoms with van der Waals surface area (Å²) >= 11 is 0. The molecule has 1 atom stereocenters. The number of carbonyl (C=O) groups is 2. The van der Waals surface area contributed by atoms with Gasteiger partial charge in [0.1, 0.15) is 6.29 Å².